The average molecular weight is 234 g/mol. The largest absolute Gasteiger partial charge is 0.311 e. The first-order valence-corrected chi connectivity index (χ1v) is 6.88. The summed E-state index contributed by atoms with van der Waals surface area (Å²) in [6.45, 7) is 8.62. The van der Waals surface area contributed by atoms with E-state index in [1.807, 2.05) is 6.20 Å². The van der Waals surface area contributed by atoms with Crippen molar-refractivity contribution in [3.05, 3.63) is 29.6 Å². The number of aryl methyl sites for hydroxylation is 1. The zero-order valence-electron chi connectivity index (χ0n) is 11.5. The second-order valence-corrected chi connectivity index (χ2v) is 4.87. The molecule has 0 fully saturated rings. The molecule has 1 N–H and O–H groups in total. The summed E-state index contributed by atoms with van der Waals surface area (Å²) in [4.78, 5) is 4.40. The van der Waals surface area contributed by atoms with E-state index in [-0.39, 0.29) is 0 Å². The highest BCUT2D eigenvalue weighted by atomic mass is 14.9. The van der Waals surface area contributed by atoms with Crippen molar-refractivity contribution >= 4 is 0 Å². The molecule has 1 unspecified atom stereocenters. The monoisotopic (exact) mass is 234 g/mol. The molecule has 17 heavy (non-hydrogen) atoms. The number of hydrogen-bond acceptors (Lipinski definition) is 2. The minimum atomic E-state index is 0.820. The van der Waals surface area contributed by atoms with Crippen LogP contribution in [0.5, 0.6) is 0 Å². The molecule has 0 saturated heterocycles. The maximum atomic E-state index is 4.40. The number of rotatable bonds is 8. The average Bonchev–Trinajstić information content (AvgIpc) is 2.36. The number of nitrogens with zero attached hydrogens (tertiary/aromatic N) is 1. The molecule has 1 aromatic rings. The van der Waals surface area contributed by atoms with Gasteiger partial charge in [0.1, 0.15) is 0 Å². The van der Waals surface area contributed by atoms with E-state index in [0.717, 1.165) is 24.7 Å². The van der Waals surface area contributed by atoms with Gasteiger partial charge in [-0.3, -0.25) is 4.98 Å². The highest BCUT2D eigenvalue weighted by molar-refractivity contribution is 5.11. The van der Waals surface area contributed by atoms with Crippen molar-refractivity contribution in [1.29, 1.82) is 0 Å². The van der Waals surface area contributed by atoms with Crippen LogP contribution in [0.2, 0.25) is 0 Å². The van der Waals surface area contributed by atoms with Crippen LogP contribution in [0.3, 0.4) is 0 Å². The van der Waals surface area contributed by atoms with Gasteiger partial charge in [0.25, 0.3) is 0 Å². The number of aromatic nitrogens is 1. The quantitative estimate of drug-likeness (QED) is 0.742. The standard InChI is InChI=1S/C15H26N2/c1-4-6-7-14(5-2)11-16-12-15-9-8-13(3)10-17-15/h8-10,14,16H,4-7,11-12H2,1-3H3. The van der Waals surface area contributed by atoms with Gasteiger partial charge in [0.2, 0.25) is 0 Å². The zero-order valence-corrected chi connectivity index (χ0v) is 11.5. The Balaban J connectivity index is 2.23. The van der Waals surface area contributed by atoms with Crippen LogP contribution in [0.15, 0.2) is 18.3 Å². The van der Waals surface area contributed by atoms with E-state index in [1.165, 1.54) is 31.2 Å². The topological polar surface area (TPSA) is 24.9 Å². The minimum absolute atomic E-state index is 0.820. The summed E-state index contributed by atoms with van der Waals surface area (Å²) in [5.74, 6) is 0.820. The molecule has 0 radical (unpaired) electrons. The summed E-state index contributed by atoms with van der Waals surface area (Å²) in [6, 6.07) is 4.23. The first kappa shape index (κ1) is 14.2. The van der Waals surface area contributed by atoms with Crippen molar-refractivity contribution in [2.75, 3.05) is 6.54 Å². The molecule has 0 bridgehead atoms. The Kier molecular flexibility index (Phi) is 6.87. The molecular weight excluding hydrogens is 208 g/mol. The second-order valence-electron chi connectivity index (χ2n) is 4.87. The summed E-state index contributed by atoms with van der Waals surface area (Å²) < 4.78 is 0. The highest BCUT2D eigenvalue weighted by Gasteiger charge is 2.05. The summed E-state index contributed by atoms with van der Waals surface area (Å²) in [5, 5.41) is 3.52. The van der Waals surface area contributed by atoms with Crippen LogP contribution in [-0.4, -0.2) is 11.5 Å². The van der Waals surface area contributed by atoms with Gasteiger partial charge in [0, 0.05) is 12.7 Å². The van der Waals surface area contributed by atoms with Gasteiger partial charge < -0.3 is 5.32 Å². The number of unbranched alkanes of at least 4 members (excludes halogenated alkanes) is 1. The lowest BCUT2D eigenvalue weighted by atomic mass is 9.99. The van der Waals surface area contributed by atoms with E-state index in [2.05, 4.69) is 43.2 Å². The van der Waals surface area contributed by atoms with Crippen LogP contribution in [0.25, 0.3) is 0 Å². The summed E-state index contributed by atoms with van der Waals surface area (Å²) in [7, 11) is 0. The Morgan fingerprint density at radius 2 is 2.12 bits per heavy atom. The van der Waals surface area contributed by atoms with Crippen molar-refractivity contribution in [3.8, 4) is 0 Å². The van der Waals surface area contributed by atoms with E-state index in [1.54, 1.807) is 0 Å². The molecule has 0 amide bonds. The molecule has 1 aromatic heterocycles. The normalized spacial score (nSPS) is 12.6. The fourth-order valence-corrected chi connectivity index (χ4v) is 1.95. The molecule has 0 aliphatic rings. The Morgan fingerprint density at radius 3 is 2.71 bits per heavy atom. The third-order valence-electron chi connectivity index (χ3n) is 3.26. The SMILES string of the molecule is CCCCC(CC)CNCc1ccc(C)cn1. The Labute approximate surface area is 106 Å². The Hall–Kier alpha value is -0.890. The van der Waals surface area contributed by atoms with Crippen LogP contribution in [0.1, 0.15) is 50.8 Å². The van der Waals surface area contributed by atoms with Crippen molar-refractivity contribution in [2.24, 2.45) is 5.92 Å². The lowest BCUT2D eigenvalue weighted by Crippen LogP contribution is -2.22. The maximum absolute atomic E-state index is 4.40. The summed E-state index contributed by atoms with van der Waals surface area (Å²) >= 11 is 0. The van der Waals surface area contributed by atoms with Crippen LogP contribution < -0.4 is 5.32 Å². The predicted molar refractivity (Wildman–Crippen MR) is 74.0 cm³/mol. The molecular formula is C15H26N2. The molecule has 96 valence electrons. The van der Waals surface area contributed by atoms with Crippen LogP contribution in [0, 0.1) is 12.8 Å². The first-order valence-electron chi connectivity index (χ1n) is 6.88. The molecule has 0 spiro atoms. The van der Waals surface area contributed by atoms with Gasteiger partial charge in [-0.15, -0.1) is 0 Å². The van der Waals surface area contributed by atoms with E-state index in [4.69, 9.17) is 0 Å². The Morgan fingerprint density at radius 1 is 1.29 bits per heavy atom. The van der Waals surface area contributed by atoms with E-state index < -0.39 is 0 Å². The molecule has 0 aliphatic heterocycles. The molecule has 1 atom stereocenters. The Bertz CT molecular complexity index is 292. The van der Waals surface area contributed by atoms with Crippen LogP contribution in [0.4, 0.5) is 0 Å². The van der Waals surface area contributed by atoms with Gasteiger partial charge in [-0.05, 0) is 37.4 Å². The molecule has 1 heterocycles. The molecule has 2 heteroatoms. The van der Waals surface area contributed by atoms with E-state index in [9.17, 15) is 0 Å². The summed E-state index contributed by atoms with van der Waals surface area (Å²) in [5.41, 5.74) is 2.36. The van der Waals surface area contributed by atoms with Gasteiger partial charge in [-0.2, -0.15) is 0 Å². The molecule has 2 nitrogen and oxygen atoms in total. The third-order valence-corrected chi connectivity index (χ3v) is 3.26. The molecule has 0 aromatic carbocycles. The lowest BCUT2D eigenvalue weighted by Gasteiger charge is -2.15. The van der Waals surface area contributed by atoms with E-state index >= 15 is 0 Å². The van der Waals surface area contributed by atoms with Gasteiger partial charge in [-0.1, -0.05) is 39.2 Å². The fraction of sp³-hybridized carbons (Fsp3) is 0.667. The number of hydrogen-bond donors (Lipinski definition) is 1. The van der Waals surface area contributed by atoms with Crippen molar-refractivity contribution < 1.29 is 0 Å². The smallest absolute Gasteiger partial charge is 0.0541 e. The molecule has 1 rings (SSSR count). The van der Waals surface area contributed by atoms with Crippen molar-refractivity contribution in [2.45, 2.75) is 53.0 Å². The highest BCUT2D eigenvalue weighted by Crippen LogP contribution is 2.11. The van der Waals surface area contributed by atoms with Gasteiger partial charge in [0.15, 0.2) is 0 Å². The fourth-order valence-electron chi connectivity index (χ4n) is 1.95. The molecule has 0 saturated carbocycles. The van der Waals surface area contributed by atoms with Gasteiger partial charge in [-0.25, -0.2) is 0 Å². The van der Waals surface area contributed by atoms with Gasteiger partial charge in [0.05, 0.1) is 5.69 Å². The maximum Gasteiger partial charge on any atom is 0.0541 e. The van der Waals surface area contributed by atoms with Crippen molar-refractivity contribution in [1.82, 2.24) is 10.3 Å². The van der Waals surface area contributed by atoms with Crippen molar-refractivity contribution in [3.63, 3.8) is 0 Å². The first-order chi connectivity index (χ1) is 8.26. The van der Waals surface area contributed by atoms with Gasteiger partial charge >= 0.3 is 0 Å². The number of pyridine rings is 1. The van der Waals surface area contributed by atoms with Crippen LogP contribution in [-0.2, 0) is 6.54 Å². The zero-order chi connectivity index (χ0) is 12.5. The second kappa shape index (κ2) is 8.24. The minimum Gasteiger partial charge on any atom is -0.311 e. The van der Waals surface area contributed by atoms with Crippen LogP contribution >= 0.6 is 0 Å². The molecule has 0 aliphatic carbocycles. The lowest BCUT2D eigenvalue weighted by molar-refractivity contribution is 0.418. The van der Waals surface area contributed by atoms with E-state index in [0.29, 0.717) is 0 Å². The summed E-state index contributed by atoms with van der Waals surface area (Å²) in [6.07, 6.45) is 7.21. The number of nitrogens with one attached hydrogen (secondary N) is 1. The predicted octanol–water partition coefficient (Wildman–Crippen LogP) is 3.70. The third kappa shape index (κ3) is 5.83.